The van der Waals surface area contributed by atoms with Crippen LogP contribution in [0.15, 0.2) is 17.1 Å². The predicted octanol–water partition coefficient (Wildman–Crippen LogP) is 0.589. The van der Waals surface area contributed by atoms with Gasteiger partial charge in [-0.15, -0.1) is 0 Å². The smallest absolute Gasteiger partial charge is 0.0687 e. The Morgan fingerprint density at radius 2 is 2.30 bits per heavy atom. The van der Waals surface area contributed by atoms with Gasteiger partial charge >= 0.3 is 0 Å². The second kappa shape index (κ2) is 1.92. The van der Waals surface area contributed by atoms with Crippen molar-refractivity contribution in [3.8, 4) is 0 Å². The van der Waals surface area contributed by atoms with E-state index in [1.807, 2.05) is 12.3 Å². The zero-order chi connectivity index (χ0) is 7.14. The van der Waals surface area contributed by atoms with Crippen molar-refractivity contribution in [2.75, 3.05) is 0 Å². The molecule has 0 aromatic rings. The van der Waals surface area contributed by atoms with Crippen LogP contribution in [0, 0.1) is 11.8 Å². The minimum atomic E-state index is 0.282. The zero-order valence-electron chi connectivity index (χ0n) is 6.07. The fourth-order valence-electron chi connectivity index (χ4n) is 1.88. The summed E-state index contributed by atoms with van der Waals surface area (Å²) in [5, 5.41) is 0. The summed E-state index contributed by atoms with van der Waals surface area (Å²) >= 11 is 0. The second-order valence-electron chi connectivity index (χ2n) is 3.19. The van der Waals surface area contributed by atoms with Crippen LogP contribution < -0.4 is 5.73 Å². The summed E-state index contributed by atoms with van der Waals surface area (Å²) in [6.07, 6.45) is 6.05. The van der Waals surface area contributed by atoms with Crippen molar-refractivity contribution in [3.63, 3.8) is 0 Å². The van der Waals surface area contributed by atoms with Gasteiger partial charge < -0.3 is 5.73 Å². The first-order chi connectivity index (χ1) is 4.80. The van der Waals surface area contributed by atoms with Crippen LogP contribution in [0.1, 0.15) is 6.92 Å². The summed E-state index contributed by atoms with van der Waals surface area (Å²) in [5.41, 5.74) is 5.85. The minimum absolute atomic E-state index is 0.282. The third-order valence-electron chi connectivity index (χ3n) is 2.66. The highest BCUT2D eigenvalue weighted by Crippen LogP contribution is 2.37. The lowest BCUT2D eigenvalue weighted by molar-refractivity contribution is 0.161. The monoisotopic (exact) mass is 136 g/mol. The van der Waals surface area contributed by atoms with Crippen molar-refractivity contribution in [3.05, 3.63) is 12.2 Å². The van der Waals surface area contributed by atoms with Gasteiger partial charge in [0.2, 0.25) is 0 Å². The Kier molecular flexibility index (Phi) is 1.17. The number of nitrogens with zero attached hydrogens (tertiary/aromatic N) is 1. The normalized spacial score (nSPS) is 50.2. The molecule has 10 heavy (non-hydrogen) atoms. The molecule has 1 fully saturated rings. The lowest BCUT2D eigenvalue weighted by Crippen LogP contribution is -2.57. The number of fused-ring (bicyclic) bond motifs is 1. The average Bonchev–Trinajstić information content (AvgIpc) is 2.22. The number of aliphatic imine (C=N–C) groups is 1. The highest BCUT2D eigenvalue weighted by Gasteiger charge is 2.44. The quantitative estimate of drug-likeness (QED) is 0.520. The molecule has 54 valence electrons. The third kappa shape index (κ3) is 0.598. The molecule has 2 heterocycles. The van der Waals surface area contributed by atoms with Crippen LogP contribution >= 0.6 is 0 Å². The van der Waals surface area contributed by atoms with E-state index in [9.17, 15) is 0 Å². The van der Waals surface area contributed by atoms with Crippen molar-refractivity contribution < 1.29 is 0 Å². The van der Waals surface area contributed by atoms with E-state index < -0.39 is 0 Å². The Balaban J connectivity index is 2.27. The van der Waals surface area contributed by atoms with E-state index >= 15 is 0 Å². The Hall–Kier alpha value is -0.630. The van der Waals surface area contributed by atoms with Gasteiger partial charge in [0.05, 0.1) is 6.04 Å². The molecule has 3 aliphatic rings. The summed E-state index contributed by atoms with van der Waals surface area (Å²) in [6.45, 7) is 2.21. The maximum absolute atomic E-state index is 5.85. The Bertz CT molecular complexity index is 165. The van der Waals surface area contributed by atoms with E-state index in [4.69, 9.17) is 5.73 Å². The summed E-state index contributed by atoms with van der Waals surface area (Å²) in [5.74, 6) is 1.23. The van der Waals surface area contributed by atoms with E-state index in [1.165, 1.54) is 0 Å². The van der Waals surface area contributed by atoms with Gasteiger partial charge in [-0.3, -0.25) is 4.99 Å². The largest absolute Gasteiger partial charge is 0.325 e. The number of hydrogen-bond donors (Lipinski definition) is 1. The van der Waals surface area contributed by atoms with E-state index in [2.05, 4.69) is 18.0 Å². The fraction of sp³-hybridized carbons (Fsp3) is 0.625. The average molecular weight is 136 g/mol. The molecular weight excluding hydrogens is 124 g/mol. The molecule has 2 N–H and O–H groups in total. The molecule has 3 rings (SSSR count). The molecule has 0 amide bonds. The molecule has 2 bridgehead atoms. The number of rotatable bonds is 0. The zero-order valence-corrected chi connectivity index (χ0v) is 6.07. The topological polar surface area (TPSA) is 38.4 Å². The first-order valence-electron chi connectivity index (χ1n) is 3.76. The maximum Gasteiger partial charge on any atom is 0.0687 e. The SMILES string of the molecule is CC1C2C=CC=NC1C2N. The Labute approximate surface area is 60.8 Å². The highest BCUT2D eigenvalue weighted by molar-refractivity contribution is 5.72. The summed E-state index contributed by atoms with van der Waals surface area (Å²) in [7, 11) is 0. The van der Waals surface area contributed by atoms with E-state index in [-0.39, 0.29) is 6.04 Å². The molecule has 1 saturated carbocycles. The Morgan fingerprint density at radius 3 is 3.00 bits per heavy atom. The van der Waals surface area contributed by atoms with Gasteiger partial charge in [-0.25, -0.2) is 0 Å². The molecule has 2 heteroatoms. The molecule has 2 nitrogen and oxygen atoms in total. The van der Waals surface area contributed by atoms with Crippen molar-refractivity contribution in [1.29, 1.82) is 0 Å². The van der Waals surface area contributed by atoms with E-state index in [0.29, 0.717) is 17.9 Å². The lowest BCUT2D eigenvalue weighted by Gasteiger charge is -2.44. The van der Waals surface area contributed by atoms with E-state index in [0.717, 1.165) is 0 Å². The van der Waals surface area contributed by atoms with Crippen molar-refractivity contribution >= 4 is 6.21 Å². The third-order valence-corrected chi connectivity index (χ3v) is 2.66. The molecule has 1 aliphatic carbocycles. The van der Waals surface area contributed by atoms with Gasteiger partial charge in [-0.05, 0) is 17.9 Å². The van der Waals surface area contributed by atoms with Gasteiger partial charge in [-0.1, -0.05) is 13.0 Å². The van der Waals surface area contributed by atoms with Crippen molar-refractivity contribution in [1.82, 2.24) is 0 Å². The predicted molar refractivity (Wildman–Crippen MR) is 42.0 cm³/mol. The standard InChI is InChI=1S/C8H12N2/c1-5-6-3-2-4-10-8(5)7(6)9/h2-8H,9H2,1H3. The molecule has 0 aromatic heterocycles. The summed E-state index contributed by atoms with van der Waals surface area (Å²) < 4.78 is 0. The van der Waals surface area contributed by atoms with Crippen molar-refractivity contribution in [2.45, 2.75) is 19.0 Å². The molecule has 2 aliphatic heterocycles. The fourth-order valence-corrected chi connectivity index (χ4v) is 1.88. The lowest BCUT2D eigenvalue weighted by atomic mass is 9.67. The molecular formula is C8H12N2. The minimum Gasteiger partial charge on any atom is -0.325 e. The van der Waals surface area contributed by atoms with Gasteiger partial charge in [-0.2, -0.15) is 0 Å². The molecule has 0 radical (unpaired) electrons. The summed E-state index contributed by atoms with van der Waals surface area (Å²) in [6, 6.07) is 0.671. The molecule has 0 aromatic carbocycles. The second-order valence-corrected chi connectivity index (χ2v) is 3.19. The number of hydrogen-bond acceptors (Lipinski definition) is 2. The van der Waals surface area contributed by atoms with Crippen LogP contribution in [0.25, 0.3) is 0 Å². The molecule has 0 saturated heterocycles. The van der Waals surface area contributed by atoms with Gasteiger partial charge in [0, 0.05) is 12.3 Å². The van der Waals surface area contributed by atoms with Crippen LogP contribution in [0.3, 0.4) is 0 Å². The van der Waals surface area contributed by atoms with Crippen LogP contribution in [0.2, 0.25) is 0 Å². The van der Waals surface area contributed by atoms with E-state index in [1.54, 1.807) is 0 Å². The van der Waals surface area contributed by atoms with Crippen molar-refractivity contribution in [2.24, 2.45) is 22.6 Å². The van der Waals surface area contributed by atoms with Crippen LogP contribution in [-0.2, 0) is 0 Å². The van der Waals surface area contributed by atoms with Crippen LogP contribution in [0.5, 0.6) is 0 Å². The van der Waals surface area contributed by atoms with Gasteiger partial charge in [0.15, 0.2) is 0 Å². The van der Waals surface area contributed by atoms with Crippen LogP contribution in [-0.4, -0.2) is 18.3 Å². The molecule has 0 spiro atoms. The van der Waals surface area contributed by atoms with Gasteiger partial charge in [0.25, 0.3) is 0 Å². The summed E-state index contributed by atoms with van der Waals surface area (Å²) in [4.78, 5) is 4.31. The molecule has 4 atom stereocenters. The number of nitrogens with two attached hydrogens (primary N) is 1. The van der Waals surface area contributed by atoms with Crippen LogP contribution in [0.4, 0.5) is 0 Å². The first-order valence-corrected chi connectivity index (χ1v) is 3.76. The number of allylic oxidation sites excluding steroid dienone is 1. The molecule has 4 unspecified atom stereocenters. The highest BCUT2D eigenvalue weighted by atomic mass is 14.9. The Morgan fingerprint density at radius 1 is 1.50 bits per heavy atom. The van der Waals surface area contributed by atoms with Gasteiger partial charge in [0.1, 0.15) is 0 Å². The first kappa shape index (κ1) is 6.10. The maximum atomic E-state index is 5.85.